The summed E-state index contributed by atoms with van der Waals surface area (Å²) in [5.41, 5.74) is 1.27. The molecule has 3 rings (SSSR count). The first-order valence-corrected chi connectivity index (χ1v) is 8.66. The monoisotopic (exact) mass is 379 g/mol. The van der Waals surface area contributed by atoms with E-state index in [0.29, 0.717) is 22.6 Å². The Labute approximate surface area is 162 Å². The van der Waals surface area contributed by atoms with Crippen molar-refractivity contribution < 1.29 is 14.3 Å². The summed E-state index contributed by atoms with van der Waals surface area (Å²) in [5.74, 6) is 0.942. The van der Waals surface area contributed by atoms with Crippen molar-refractivity contribution in [1.29, 1.82) is 0 Å². The third-order valence-corrected chi connectivity index (χ3v) is 4.30. The predicted molar refractivity (Wildman–Crippen MR) is 107 cm³/mol. The number of ether oxygens (including phenoxy) is 2. The first-order valence-electron chi connectivity index (χ1n) is 8.66. The van der Waals surface area contributed by atoms with Crippen LogP contribution in [0.3, 0.4) is 0 Å². The lowest BCUT2D eigenvalue weighted by molar-refractivity contribution is -0.116. The van der Waals surface area contributed by atoms with Gasteiger partial charge in [0.25, 0.3) is 5.56 Å². The number of amides is 1. The number of hydrogen-bond donors (Lipinski definition) is 1. The van der Waals surface area contributed by atoms with Crippen LogP contribution in [0.1, 0.15) is 11.3 Å². The molecule has 3 aromatic rings. The number of benzene rings is 2. The molecular weight excluding hydrogens is 358 g/mol. The second kappa shape index (κ2) is 8.39. The van der Waals surface area contributed by atoms with E-state index in [0.717, 1.165) is 10.9 Å². The van der Waals surface area contributed by atoms with E-state index in [1.165, 1.54) is 10.8 Å². The van der Waals surface area contributed by atoms with E-state index in [-0.39, 0.29) is 18.0 Å². The molecule has 1 amide bonds. The molecule has 0 radical (unpaired) electrons. The van der Waals surface area contributed by atoms with Gasteiger partial charge in [0.05, 0.1) is 31.8 Å². The Kier molecular flexibility index (Phi) is 5.74. The van der Waals surface area contributed by atoms with Gasteiger partial charge in [-0.25, -0.2) is 4.68 Å². The fourth-order valence-electron chi connectivity index (χ4n) is 2.86. The molecule has 0 fully saturated rings. The standard InChI is InChI=1S/C21H21N3O4/c1-24-21(26)16-7-5-4-6-15(16)17(23-24)13-22-20(25)11-9-14-8-10-18(27-2)19(12-14)28-3/h4-12H,13H2,1-3H3,(H,22,25)/b11-9+. The zero-order valence-corrected chi connectivity index (χ0v) is 15.9. The van der Waals surface area contributed by atoms with Crippen molar-refractivity contribution in [3.8, 4) is 11.5 Å². The number of nitrogens with one attached hydrogen (secondary N) is 1. The molecule has 0 bridgehead atoms. The number of carbonyl (C=O) groups excluding carboxylic acids is 1. The van der Waals surface area contributed by atoms with Crippen LogP contribution in [0, 0.1) is 0 Å². The minimum absolute atomic E-state index is 0.168. The summed E-state index contributed by atoms with van der Waals surface area (Å²) in [7, 11) is 4.72. The van der Waals surface area contributed by atoms with Gasteiger partial charge in [-0.1, -0.05) is 24.3 Å². The number of nitrogens with zero attached hydrogens (tertiary/aromatic N) is 2. The number of carbonyl (C=O) groups is 1. The summed E-state index contributed by atoms with van der Waals surface area (Å²) < 4.78 is 11.7. The third-order valence-electron chi connectivity index (χ3n) is 4.30. The number of rotatable bonds is 6. The molecule has 0 spiro atoms. The first kappa shape index (κ1) is 19.2. The maximum atomic E-state index is 12.2. The Morgan fingerprint density at radius 1 is 1.11 bits per heavy atom. The van der Waals surface area contributed by atoms with Crippen molar-refractivity contribution in [3.05, 3.63) is 70.2 Å². The molecule has 0 aliphatic heterocycles. The van der Waals surface area contributed by atoms with Gasteiger partial charge in [-0.2, -0.15) is 5.10 Å². The molecule has 0 saturated heterocycles. The highest BCUT2D eigenvalue weighted by atomic mass is 16.5. The van der Waals surface area contributed by atoms with E-state index in [2.05, 4.69) is 10.4 Å². The maximum absolute atomic E-state index is 12.2. The Morgan fingerprint density at radius 3 is 2.54 bits per heavy atom. The molecule has 0 atom stereocenters. The minimum atomic E-state index is -0.269. The van der Waals surface area contributed by atoms with Gasteiger partial charge in [0.15, 0.2) is 11.5 Å². The molecule has 0 saturated carbocycles. The molecule has 144 valence electrons. The van der Waals surface area contributed by atoms with Crippen LogP contribution in [0.5, 0.6) is 11.5 Å². The smallest absolute Gasteiger partial charge is 0.274 e. The van der Waals surface area contributed by atoms with Crippen molar-refractivity contribution in [2.75, 3.05) is 14.2 Å². The van der Waals surface area contributed by atoms with E-state index in [4.69, 9.17) is 9.47 Å². The van der Waals surface area contributed by atoms with Crippen LogP contribution in [0.4, 0.5) is 0 Å². The van der Waals surface area contributed by atoms with Crippen LogP contribution in [-0.4, -0.2) is 29.9 Å². The highest BCUT2D eigenvalue weighted by Crippen LogP contribution is 2.27. The lowest BCUT2D eigenvalue weighted by atomic mass is 10.1. The second-order valence-electron chi connectivity index (χ2n) is 6.09. The van der Waals surface area contributed by atoms with Crippen molar-refractivity contribution in [2.24, 2.45) is 7.05 Å². The topological polar surface area (TPSA) is 82.5 Å². The second-order valence-corrected chi connectivity index (χ2v) is 6.09. The van der Waals surface area contributed by atoms with E-state index in [1.54, 1.807) is 51.6 Å². The number of fused-ring (bicyclic) bond motifs is 1. The van der Waals surface area contributed by atoms with Crippen LogP contribution in [0.2, 0.25) is 0 Å². The number of aryl methyl sites for hydroxylation is 1. The highest BCUT2D eigenvalue weighted by molar-refractivity contribution is 5.92. The van der Waals surface area contributed by atoms with E-state index < -0.39 is 0 Å². The Morgan fingerprint density at radius 2 is 1.82 bits per heavy atom. The summed E-state index contributed by atoms with van der Waals surface area (Å²) in [6.07, 6.45) is 3.12. The van der Waals surface area contributed by atoms with Gasteiger partial charge in [0.1, 0.15) is 0 Å². The fraction of sp³-hybridized carbons (Fsp3) is 0.190. The number of aromatic nitrogens is 2. The van der Waals surface area contributed by atoms with Crippen LogP contribution in [-0.2, 0) is 18.4 Å². The summed E-state index contributed by atoms with van der Waals surface area (Å²) in [6, 6.07) is 12.6. The molecule has 1 heterocycles. The van der Waals surface area contributed by atoms with Crippen LogP contribution in [0.15, 0.2) is 53.3 Å². The lowest BCUT2D eigenvalue weighted by Crippen LogP contribution is -2.26. The van der Waals surface area contributed by atoms with Gasteiger partial charge in [-0.3, -0.25) is 9.59 Å². The quantitative estimate of drug-likeness (QED) is 0.665. The molecule has 0 unspecified atom stereocenters. The highest BCUT2D eigenvalue weighted by Gasteiger charge is 2.09. The third kappa shape index (κ3) is 4.03. The van der Waals surface area contributed by atoms with Gasteiger partial charge in [-0.05, 0) is 29.8 Å². The van der Waals surface area contributed by atoms with Crippen molar-refractivity contribution >= 4 is 22.8 Å². The van der Waals surface area contributed by atoms with E-state index >= 15 is 0 Å². The van der Waals surface area contributed by atoms with Crippen molar-refractivity contribution in [3.63, 3.8) is 0 Å². The Hall–Kier alpha value is -3.61. The van der Waals surface area contributed by atoms with Gasteiger partial charge >= 0.3 is 0 Å². The molecular formula is C21H21N3O4. The van der Waals surface area contributed by atoms with Gasteiger partial charge in [0, 0.05) is 18.5 Å². The SMILES string of the molecule is COc1ccc(/C=C/C(=O)NCc2nn(C)c(=O)c3ccccc23)cc1OC. The number of hydrogen-bond acceptors (Lipinski definition) is 5. The van der Waals surface area contributed by atoms with Crippen LogP contribution < -0.4 is 20.3 Å². The minimum Gasteiger partial charge on any atom is -0.493 e. The van der Waals surface area contributed by atoms with Crippen LogP contribution in [0.25, 0.3) is 16.8 Å². The van der Waals surface area contributed by atoms with Crippen molar-refractivity contribution in [2.45, 2.75) is 6.54 Å². The van der Waals surface area contributed by atoms with Gasteiger partial charge < -0.3 is 14.8 Å². The molecule has 7 heteroatoms. The largest absolute Gasteiger partial charge is 0.493 e. The average molecular weight is 379 g/mol. The Bertz CT molecular complexity index is 1100. The molecule has 28 heavy (non-hydrogen) atoms. The summed E-state index contributed by atoms with van der Waals surface area (Å²) in [4.78, 5) is 24.4. The maximum Gasteiger partial charge on any atom is 0.274 e. The zero-order chi connectivity index (χ0) is 20.1. The van der Waals surface area contributed by atoms with Crippen molar-refractivity contribution in [1.82, 2.24) is 15.1 Å². The van der Waals surface area contributed by atoms with Gasteiger partial charge in [-0.15, -0.1) is 0 Å². The molecule has 1 N–H and O–H groups in total. The zero-order valence-electron chi connectivity index (χ0n) is 15.9. The summed E-state index contributed by atoms with van der Waals surface area (Å²) >= 11 is 0. The average Bonchev–Trinajstić information content (AvgIpc) is 2.73. The van der Waals surface area contributed by atoms with E-state index in [1.807, 2.05) is 18.2 Å². The fourth-order valence-corrected chi connectivity index (χ4v) is 2.86. The predicted octanol–water partition coefficient (Wildman–Crippen LogP) is 2.28. The molecule has 1 aromatic heterocycles. The summed E-state index contributed by atoms with van der Waals surface area (Å²) in [5, 5.41) is 8.37. The number of methoxy groups -OCH3 is 2. The molecule has 0 aliphatic carbocycles. The first-order chi connectivity index (χ1) is 13.5. The molecule has 0 aliphatic rings. The molecule has 2 aromatic carbocycles. The summed E-state index contributed by atoms with van der Waals surface area (Å²) in [6.45, 7) is 0.212. The normalized spacial score (nSPS) is 11.0. The Balaban J connectivity index is 1.73. The lowest BCUT2D eigenvalue weighted by Gasteiger charge is -2.09. The van der Waals surface area contributed by atoms with E-state index in [9.17, 15) is 9.59 Å². The van der Waals surface area contributed by atoms with Gasteiger partial charge in [0.2, 0.25) is 5.91 Å². The van der Waals surface area contributed by atoms with Crippen LogP contribution >= 0.6 is 0 Å². The molecule has 7 nitrogen and oxygen atoms in total.